The van der Waals surface area contributed by atoms with Crippen molar-refractivity contribution in [3.05, 3.63) is 71.8 Å². The van der Waals surface area contributed by atoms with E-state index in [2.05, 4.69) is 10.3 Å². The van der Waals surface area contributed by atoms with E-state index in [1.165, 1.54) is 12.3 Å². The Morgan fingerprint density at radius 3 is 2.45 bits per heavy atom. The summed E-state index contributed by atoms with van der Waals surface area (Å²) in [6.07, 6.45) is 1.63. The average Bonchev–Trinajstić information content (AvgIpc) is 3.21. The number of oxazole rings is 1. The smallest absolute Gasteiger partial charge is 0.220 e. The molecule has 0 fully saturated rings. The molecular formula is C23H25F2N3O3. The Balaban J connectivity index is 1.55. The van der Waals surface area contributed by atoms with Gasteiger partial charge in [-0.05, 0) is 43.9 Å². The molecule has 0 spiro atoms. The fourth-order valence-electron chi connectivity index (χ4n) is 3.22. The van der Waals surface area contributed by atoms with Gasteiger partial charge >= 0.3 is 0 Å². The Bertz CT molecular complexity index is 999. The Labute approximate surface area is 179 Å². The number of ether oxygens (including phenoxy) is 1. The van der Waals surface area contributed by atoms with Crippen LogP contribution < -0.4 is 10.1 Å². The second-order valence-corrected chi connectivity index (χ2v) is 7.27. The van der Waals surface area contributed by atoms with Gasteiger partial charge in [0, 0.05) is 19.4 Å². The summed E-state index contributed by atoms with van der Waals surface area (Å²) in [7, 11) is 5.50. The Morgan fingerprint density at radius 2 is 1.84 bits per heavy atom. The van der Waals surface area contributed by atoms with Crippen molar-refractivity contribution in [2.75, 3.05) is 27.7 Å². The summed E-state index contributed by atoms with van der Waals surface area (Å²) in [4.78, 5) is 18.4. The SMILES string of the molecule is COc1ccc(C(CNC(=O)CCc2ncc(-c3c(F)cccc3F)o2)N(C)C)cc1. The number of carbonyl (C=O) groups excluding carboxylic acids is 1. The minimum atomic E-state index is -0.728. The number of aryl methyl sites for hydroxylation is 1. The first-order valence-electron chi connectivity index (χ1n) is 9.85. The van der Waals surface area contributed by atoms with Gasteiger partial charge in [-0.25, -0.2) is 13.8 Å². The number of rotatable bonds is 9. The van der Waals surface area contributed by atoms with Crippen LogP contribution in [-0.2, 0) is 11.2 Å². The lowest BCUT2D eigenvalue weighted by atomic mass is 10.1. The lowest BCUT2D eigenvalue weighted by Gasteiger charge is -2.25. The largest absolute Gasteiger partial charge is 0.497 e. The molecule has 0 radical (unpaired) electrons. The highest BCUT2D eigenvalue weighted by atomic mass is 19.1. The topological polar surface area (TPSA) is 67.6 Å². The van der Waals surface area contributed by atoms with E-state index >= 15 is 0 Å². The van der Waals surface area contributed by atoms with E-state index in [0.29, 0.717) is 6.54 Å². The van der Waals surface area contributed by atoms with Crippen molar-refractivity contribution in [3.8, 4) is 17.1 Å². The second kappa shape index (κ2) is 10.2. The molecule has 0 aliphatic carbocycles. The second-order valence-electron chi connectivity index (χ2n) is 7.27. The van der Waals surface area contributed by atoms with Crippen LogP contribution in [0.4, 0.5) is 8.78 Å². The van der Waals surface area contributed by atoms with Crippen molar-refractivity contribution >= 4 is 5.91 Å². The fourth-order valence-corrected chi connectivity index (χ4v) is 3.22. The number of carbonyl (C=O) groups is 1. The number of hydrogen-bond acceptors (Lipinski definition) is 5. The molecule has 0 aliphatic rings. The van der Waals surface area contributed by atoms with Crippen LogP contribution in [0.15, 0.2) is 53.1 Å². The summed E-state index contributed by atoms with van der Waals surface area (Å²) in [6, 6.07) is 11.3. The van der Waals surface area contributed by atoms with E-state index < -0.39 is 11.6 Å². The van der Waals surface area contributed by atoms with Crippen LogP contribution in [0, 0.1) is 11.6 Å². The van der Waals surface area contributed by atoms with E-state index in [0.717, 1.165) is 23.4 Å². The first kappa shape index (κ1) is 22.4. The van der Waals surface area contributed by atoms with Crippen molar-refractivity contribution < 1.29 is 22.7 Å². The van der Waals surface area contributed by atoms with Gasteiger partial charge in [0.05, 0.1) is 24.9 Å². The molecule has 3 rings (SSSR count). The summed E-state index contributed by atoms with van der Waals surface area (Å²) in [5, 5.41) is 2.92. The summed E-state index contributed by atoms with van der Waals surface area (Å²) in [5.41, 5.74) is 0.786. The minimum Gasteiger partial charge on any atom is -0.497 e. The van der Waals surface area contributed by atoms with E-state index in [-0.39, 0.29) is 42.0 Å². The molecule has 0 aliphatic heterocycles. The van der Waals surface area contributed by atoms with E-state index in [1.54, 1.807) is 7.11 Å². The van der Waals surface area contributed by atoms with Crippen molar-refractivity contribution in [1.82, 2.24) is 15.2 Å². The summed E-state index contributed by atoms with van der Waals surface area (Å²) < 4.78 is 38.4. The number of likely N-dealkylation sites (N-methyl/N-ethyl adjacent to an activating group) is 1. The van der Waals surface area contributed by atoms with Crippen molar-refractivity contribution in [2.45, 2.75) is 18.9 Å². The van der Waals surface area contributed by atoms with Crippen LogP contribution in [0.25, 0.3) is 11.3 Å². The predicted molar refractivity (Wildman–Crippen MR) is 113 cm³/mol. The summed E-state index contributed by atoms with van der Waals surface area (Å²) in [6.45, 7) is 0.426. The molecule has 1 unspecified atom stereocenters. The van der Waals surface area contributed by atoms with Gasteiger partial charge in [0.15, 0.2) is 11.7 Å². The number of benzene rings is 2. The van der Waals surface area contributed by atoms with Crippen molar-refractivity contribution in [2.24, 2.45) is 0 Å². The van der Waals surface area contributed by atoms with Gasteiger partial charge in [-0.2, -0.15) is 0 Å². The maximum Gasteiger partial charge on any atom is 0.220 e. The molecule has 3 aromatic rings. The highest BCUT2D eigenvalue weighted by Crippen LogP contribution is 2.27. The molecule has 6 nitrogen and oxygen atoms in total. The maximum atomic E-state index is 13.9. The van der Waals surface area contributed by atoms with Crippen LogP contribution in [0.5, 0.6) is 5.75 Å². The highest BCUT2D eigenvalue weighted by Gasteiger charge is 2.18. The molecule has 2 aromatic carbocycles. The van der Waals surface area contributed by atoms with Gasteiger partial charge in [0.2, 0.25) is 5.91 Å². The quantitative estimate of drug-likeness (QED) is 0.557. The summed E-state index contributed by atoms with van der Waals surface area (Å²) in [5.74, 6) is -0.615. The van der Waals surface area contributed by atoms with Gasteiger partial charge in [-0.3, -0.25) is 4.79 Å². The van der Waals surface area contributed by atoms with E-state index in [4.69, 9.17) is 9.15 Å². The van der Waals surface area contributed by atoms with Gasteiger partial charge in [-0.15, -0.1) is 0 Å². The monoisotopic (exact) mass is 429 g/mol. The zero-order chi connectivity index (χ0) is 22.4. The van der Waals surface area contributed by atoms with Gasteiger partial charge < -0.3 is 19.4 Å². The van der Waals surface area contributed by atoms with Crippen LogP contribution in [0.3, 0.4) is 0 Å². The van der Waals surface area contributed by atoms with Crippen LogP contribution in [0.2, 0.25) is 0 Å². The van der Waals surface area contributed by atoms with Gasteiger partial charge in [0.25, 0.3) is 0 Å². The standard InChI is InChI=1S/C23H25F2N3O3/c1-28(2)19(15-7-9-16(30-3)10-8-15)13-26-21(29)11-12-22-27-14-20(31-22)23-17(24)5-4-6-18(23)25/h4-10,14,19H,11-13H2,1-3H3,(H,26,29). The molecule has 1 heterocycles. The first-order valence-corrected chi connectivity index (χ1v) is 9.85. The number of aromatic nitrogens is 1. The van der Waals surface area contributed by atoms with Crippen molar-refractivity contribution in [3.63, 3.8) is 0 Å². The molecule has 0 bridgehead atoms. The molecule has 31 heavy (non-hydrogen) atoms. The zero-order valence-corrected chi connectivity index (χ0v) is 17.7. The Kier molecular flexibility index (Phi) is 7.36. The molecular weight excluding hydrogens is 404 g/mol. The molecule has 1 amide bonds. The molecule has 1 aromatic heterocycles. The molecule has 8 heteroatoms. The molecule has 1 atom stereocenters. The lowest BCUT2D eigenvalue weighted by molar-refractivity contribution is -0.121. The predicted octanol–water partition coefficient (Wildman–Crippen LogP) is 3.98. The van der Waals surface area contributed by atoms with Gasteiger partial charge in [0.1, 0.15) is 17.4 Å². The molecule has 164 valence electrons. The fraction of sp³-hybridized carbons (Fsp3) is 0.304. The van der Waals surface area contributed by atoms with Crippen molar-refractivity contribution in [1.29, 1.82) is 0 Å². The highest BCUT2D eigenvalue weighted by molar-refractivity contribution is 5.76. The average molecular weight is 429 g/mol. The third-order valence-corrected chi connectivity index (χ3v) is 4.95. The number of hydrogen-bond donors (Lipinski definition) is 1. The third-order valence-electron chi connectivity index (χ3n) is 4.95. The molecule has 0 saturated carbocycles. The lowest BCUT2D eigenvalue weighted by Crippen LogP contribution is -2.34. The first-order chi connectivity index (χ1) is 14.9. The molecule has 0 saturated heterocycles. The number of amides is 1. The zero-order valence-electron chi connectivity index (χ0n) is 17.7. The minimum absolute atomic E-state index is 0.00168. The summed E-state index contributed by atoms with van der Waals surface area (Å²) >= 11 is 0. The number of halogens is 2. The Morgan fingerprint density at radius 1 is 1.16 bits per heavy atom. The number of methoxy groups -OCH3 is 1. The van der Waals surface area contributed by atoms with E-state index in [9.17, 15) is 13.6 Å². The third kappa shape index (κ3) is 5.67. The molecule has 1 N–H and O–H groups in total. The van der Waals surface area contributed by atoms with Crippen LogP contribution >= 0.6 is 0 Å². The van der Waals surface area contributed by atoms with Crippen LogP contribution in [-0.4, -0.2) is 43.5 Å². The normalized spacial score (nSPS) is 12.1. The van der Waals surface area contributed by atoms with Crippen LogP contribution in [0.1, 0.15) is 23.9 Å². The van der Waals surface area contributed by atoms with Gasteiger partial charge in [-0.1, -0.05) is 18.2 Å². The number of nitrogens with one attached hydrogen (secondary N) is 1. The van der Waals surface area contributed by atoms with E-state index in [1.807, 2.05) is 43.3 Å². The number of nitrogens with zero attached hydrogens (tertiary/aromatic N) is 2. The maximum absolute atomic E-state index is 13.9. The Hall–Kier alpha value is -3.26.